The largest absolute Gasteiger partial charge is 0.393 e. The van der Waals surface area contributed by atoms with Crippen molar-refractivity contribution in [2.75, 3.05) is 13.6 Å². The third-order valence-electron chi connectivity index (χ3n) is 3.44. The highest BCUT2D eigenvalue weighted by molar-refractivity contribution is 5.63. The van der Waals surface area contributed by atoms with Gasteiger partial charge in [0.05, 0.1) is 6.10 Å². The van der Waals surface area contributed by atoms with Crippen LogP contribution in [0.25, 0.3) is 11.1 Å². The van der Waals surface area contributed by atoms with Crippen LogP contribution in [0.2, 0.25) is 0 Å². The second-order valence-corrected chi connectivity index (χ2v) is 5.42. The minimum atomic E-state index is -0.327. The molecule has 0 aliphatic carbocycles. The maximum atomic E-state index is 14.2. The quantitative estimate of drug-likeness (QED) is 0.887. The lowest BCUT2D eigenvalue weighted by atomic mass is 10.0. The molecule has 0 aliphatic heterocycles. The minimum absolute atomic E-state index is 0.201. The van der Waals surface area contributed by atoms with E-state index in [0.717, 1.165) is 17.7 Å². The standard InChI is InChI=1S/C17H21FN2O/c1-13(21)7-10-20(2)12-16-4-3-15(11-17(16)18)14-5-8-19-9-6-14/h3-6,8-9,11,13,21H,7,10,12H2,1-2H3. The van der Waals surface area contributed by atoms with Crippen LogP contribution < -0.4 is 0 Å². The Bertz CT molecular complexity index is 572. The Morgan fingerprint density at radius 1 is 1.19 bits per heavy atom. The van der Waals surface area contributed by atoms with Crippen LogP contribution in [0.15, 0.2) is 42.7 Å². The molecule has 2 rings (SSSR count). The SMILES string of the molecule is CC(O)CCN(C)Cc1ccc(-c2ccncc2)cc1F. The zero-order valence-corrected chi connectivity index (χ0v) is 12.5. The molecule has 0 radical (unpaired) electrons. The number of hydrogen-bond acceptors (Lipinski definition) is 3. The molecule has 1 aromatic heterocycles. The number of aliphatic hydroxyl groups is 1. The van der Waals surface area contributed by atoms with Crippen LogP contribution in [-0.2, 0) is 6.54 Å². The van der Waals surface area contributed by atoms with Crippen molar-refractivity contribution < 1.29 is 9.50 Å². The normalized spacial score (nSPS) is 12.6. The Balaban J connectivity index is 2.06. The molecular formula is C17H21FN2O. The number of pyridine rings is 1. The van der Waals surface area contributed by atoms with Crippen molar-refractivity contribution in [2.24, 2.45) is 0 Å². The summed E-state index contributed by atoms with van der Waals surface area (Å²) in [6.07, 6.45) is 3.76. The Morgan fingerprint density at radius 3 is 2.52 bits per heavy atom. The van der Waals surface area contributed by atoms with Crippen molar-refractivity contribution in [1.82, 2.24) is 9.88 Å². The van der Waals surface area contributed by atoms with Crippen molar-refractivity contribution >= 4 is 0 Å². The Hall–Kier alpha value is -1.78. The van der Waals surface area contributed by atoms with Gasteiger partial charge in [0, 0.05) is 31.0 Å². The summed E-state index contributed by atoms with van der Waals surface area (Å²) in [4.78, 5) is 5.98. The van der Waals surface area contributed by atoms with E-state index in [1.165, 1.54) is 0 Å². The van der Waals surface area contributed by atoms with Gasteiger partial charge >= 0.3 is 0 Å². The molecule has 1 atom stereocenters. The van der Waals surface area contributed by atoms with Gasteiger partial charge < -0.3 is 10.0 Å². The molecule has 1 heterocycles. The number of hydrogen-bond donors (Lipinski definition) is 1. The van der Waals surface area contributed by atoms with Gasteiger partial charge in [0.1, 0.15) is 5.82 Å². The lowest BCUT2D eigenvalue weighted by Gasteiger charge is -2.18. The first kappa shape index (κ1) is 15.6. The number of aromatic nitrogens is 1. The van der Waals surface area contributed by atoms with Gasteiger partial charge in [0.25, 0.3) is 0 Å². The third-order valence-corrected chi connectivity index (χ3v) is 3.44. The zero-order chi connectivity index (χ0) is 15.2. The monoisotopic (exact) mass is 288 g/mol. The molecule has 0 fully saturated rings. The van der Waals surface area contributed by atoms with E-state index in [1.807, 2.05) is 36.2 Å². The summed E-state index contributed by atoms with van der Waals surface area (Å²) in [7, 11) is 1.93. The lowest BCUT2D eigenvalue weighted by molar-refractivity contribution is 0.162. The van der Waals surface area contributed by atoms with Crippen LogP contribution >= 0.6 is 0 Å². The Kier molecular flexibility index (Phi) is 5.42. The molecule has 0 saturated heterocycles. The average Bonchev–Trinajstić information content (AvgIpc) is 2.48. The summed E-state index contributed by atoms with van der Waals surface area (Å²) in [5.74, 6) is -0.201. The molecule has 0 bridgehead atoms. The minimum Gasteiger partial charge on any atom is -0.393 e. The first-order valence-electron chi connectivity index (χ1n) is 7.11. The van der Waals surface area contributed by atoms with E-state index in [2.05, 4.69) is 4.98 Å². The van der Waals surface area contributed by atoms with E-state index >= 15 is 0 Å². The van der Waals surface area contributed by atoms with Crippen LogP contribution in [-0.4, -0.2) is 34.7 Å². The summed E-state index contributed by atoms with van der Waals surface area (Å²) in [5.41, 5.74) is 2.48. The van der Waals surface area contributed by atoms with Gasteiger partial charge in [0.2, 0.25) is 0 Å². The van der Waals surface area contributed by atoms with E-state index in [-0.39, 0.29) is 11.9 Å². The van der Waals surface area contributed by atoms with Crippen LogP contribution in [0.5, 0.6) is 0 Å². The van der Waals surface area contributed by atoms with Crippen LogP contribution in [0, 0.1) is 5.82 Å². The molecule has 1 aromatic carbocycles. The Morgan fingerprint density at radius 2 is 1.90 bits per heavy atom. The van der Waals surface area contributed by atoms with Gasteiger partial charge in [-0.3, -0.25) is 4.98 Å². The summed E-state index contributed by atoms with van der Waals surface area (Å²) in [6.45, 7) is 3.04. The first-order valence-corrected chi connectivity index (χ1v) is 7.11. The fourth-order valence-corrected chi connectivity index (χ4v) is 2.18. The highest BCUT2D eigenvalue weighted by Crippen LogP contribution is 2.21. The molecule has 21 heavy (non-hydrogen) atoms. The second kappa shape index (κ2) is 7.29. The van der Waals surface area contributed by atoms with E-state index < -0.39 is 0 Å². The molecule has 1 unspecified atom stereocenters. The predicted octanol–water partition coefficient (Wildman–Crippen LogP) is 3.09. The van der Waals surface area contributed by atoms with Gasteiger partial charge in [-0.2, -0.15) is 0 Å². The van der Waals surface area contributed by atoms with E-state index in [9.17, 15) is 9.50 Å². The topological polar surface area (TPSA) is 36.4 Å². The molecule has 4 heteroatoms. The van der Waals surface area contributed by atoms with Crippen LogP contribution in [0.1, 0.15) is 18.9 Å². The van der Waals surface area contributed by atoms with E-state index in [0.29, 0.717) is 18.5 Å². The fraction of sp³-hybridized carbons (Fsp3) is 0.353. The van der Waals surface area contributed by atoms with Crippen molar-refractivity contribution in [3.63, 3.8) is 0 Å². The number of nitrogens with zero attached hydrogens (tertiary/aromatic N) is 2. The van der Waals surface area contributed by atoms with Crippen molar-refractivity contribution in [3.05, 3.63) is 54.1 Å². The van der Waals surface area contributed by atoms with Crippen LogP contribution in [0.3, 0.4) is 0 Å². The van der Waals surface area contributed by atoms with Gasteiger partial charge in [-0.15, -0.1) is 0 Å². The molecule has 2 aromatic rings. The van der Waals surface area contributed by atoms with E-state index in [1.54, 1.807) is 25.4 Å². The molecule has 0 amide bonds. The van der Waals surface area contributed by atoms with E-state index in [4.69, 9.17) is 0 Å². The summed E-state index contributed by atoms with van der Waals surface area (Å²) < 4.78 is 14.2. The van der Waals surface area contributed by atoms with Gasteiger partial charge in [-0.1, -0.05) is 12.1 Å². The molecule has 0 aliphatic rings. The third kappa shape index (κ3) is 4.62. The van der Waals surface area contributed by atoms with Crippen molar-refractivity contribution in [3.8, 4) is 11.1 Å². The molecule has 112 valence electrons. The van der Waals surface area contributed by atoms with Crippen molar-refractivity contribution in [1.29, 1.82) is 0 Å². The van der Waals surface area contributed by atoms with Crippen LogP contribution in [0.4, 0.5) is 4.39 Å². The Labute approximate surface area is 125 Å². The maximum absolute atomic E-state index is 14.2. The second-order valence-electron chi connectivity index (χ2n) is 5.42. The predicted molar refractivity (Wildman–Crippen MR) is 82.3 cm³/mol. The zero-order valence-electron chi connectivity index (χ0n) is 12.5. The number of aliphatic hydroxyl groups excluding tert-OH is 1. The number of rotatable bonds is 6. The molecular weight excluding hydrogens is 267 g/mol. The molecule has 3 nitrogen and oxygen atoms in total. The number of halogens is 1. The smallest absolute Gasteiger partial charge is 0.128 e. The fourth-order valence-electron chi connectivity index (χ4n) is 2.18. The lowest BCUT2D eigenvalue weighted by Crippen LogP contribution is -2.22. The number of benzene rings is 1. The summed E-state index contributed by atoms with van der Waals surface area (Å²) >= 11 is 0. The molecule has 0 saturated carbocycles. The average molecular weight is 288 g/mol. The first-order chi connectivity index (χ1) is 10.1. The highest BCUT2D eigenvalue weighted by atomic mass is 19.1. The maximum Gasteiger partial charge on any atom is 0.128 e. The summed E-state index contributed by atoms with van der Waals surface area (Å²) in [6, 6.07) is 9.04. The molecule has 0 spiro atoms. The highest BCUT2D eigenvalue weighted by Gasteiger charge is 2.08. The molecule has 1 N–H and O–H groups in total. The van der Waals surface area contributed by atoms with Gasteiger partial charge in [-0.25, -0.2) is 4.39 Å². The van der Waals surface area contributed by atoms with Crippen molar-refractivity contribution in [2.45, 2.75) is 26.0 Å². The van der Waals surface area contributed by atoms with Gasteiger partial charge in [-0.05, 0) is 49.7 Å². The van der Waals surface area contributed by atoms with Gasteiger partial charge in [0.15, 0.2) is 0 Å². The summed E-state index contributed by atoms with van der Waals surface area (Å²) in [5, 5.41) is 9.28.